The molecule has 2 aromatic heterocycles. The second kappa shape index (κ2) is 4.22. The molecule has 0 fully saturated rings. The summed E-state index contributed by atoms with van der Waals surface area (Å²) in [5.74, 6) is 1.25. The molecule has 0 saturated carbocycles. The Kier molecular flexibility index (Phi) is 2.92. The van der Waals surface area contributed by atoms with E-state index in [0.717, 1.165) is 17.9 Å². The van der Waals surface area contributed by atoms with Crippen molar-refractivity contribution in [3.63, 3.8) is 0 Å². The number of hydrogen-bond donors (Lipinski definition) is 1. The average Bonchev–Trinajstić information content (AvgIpc) is 2.59. The lowest BCUT2D eigenvalue weighted by molar-refractivity contribution is 0.727. The zero-order valence-electron chi connectivity index (χ0n) is 10.0. The maximum atomic E-state index is 5.78. The van der Waals surface area contributed by atoms with Gasteiger partial charge in [0.05, 0.1) is 0 Å². The fraction of sp³-hybridized carbons (Fsp3) is 0.500. The van der Waals surface area contributed by atoms with Crippen molar-refractivity contribution in [2.24, 2.45) is 5.73 Å². The van der Waals surface area contributed by atoms with Gasteiger partial charge < -0.3 is 5.73 Å². The van der Waals surface area contributed by atoms with Crippen LogP contribution in [-0.4, -0.2) is 20.6 Å². The van der Waals surface area contributed by atoms with Crippen LogP contribution < -0.4 is 5.73 Å². The molecule has 0 saturated heterocycles. The summed E-state index contributed by atoms with van der Waals surface area (Å²) in [4.78, 5) is 4.45. The van der Waals surface area contributed by atoms with Crippen LogP contribution in [0, 0.1) is 0 Å². The van der Waals surface area contributed by atoms with Crippen molar-refractivity contribution in [2.45, 2.75) is 39.2 Å². The molecule has 2 heterocycles. The summed E-state index contributed by atoms with van der Waals surface area (Å²) in [5.41, 5.74) is 7.87. The number of fused-ring (bicyclic) bond motifs is 1. The van der Waals surface area contributed by atoms with Crippen molar-refractivity contribution < 1.29 is 0 Å². The van der Waals surface area contributed by atoms with E-state index in [2.05, 4.69) is 30.0 Å². The quantitative estimate of drug-likeness (QED) is 0.853. The summed E-state index contributed by atoms with van der Waals surface area (Å²) < 4.78 is 1.84. The summed E-state index contributed by atoms with van der Waals surface area (Å²) >= 11 is 0. The molecular formula is C12H18N4. The standard InChI is InChI=1S/C12H18N4/c1-8(2)12-14-11-5-4-10(6-9(3)13)7-16(11)15-12/h4-5,7-9H,6,13H2,1-3H3. The van der Waals surface area contributed by atoms with Gasteiger partial charge in [-0.05, 0) is 25.0 Å². The van der Waals surface area contributed by atoms with Crippen molar-refractivity contribution >= 4 is 5.65 Å². The van der Waals surface area contributed by atoms with Crippen LogP contribution in [0.1, 0.15) is 38.1 Å². The topological polar surface area (TPSA) is 56.2 Å². The van der Waals surface area contributed by atoms with Gasteiger partial charge in [-0.3, -0.25) is 0 Å². The van der Waals surface area contributed by atoms with Crippen LogP contribution in [0.25, 0.3) is 5.65 Å². The molecule has 4 nitrogen and oxygen atoms in total. The predicted octanol–water partition coefficient (Wildman–Crippen LogP) is 1.74. The molecule has 4 heteroatoms. The Bertz CT molecular complexity index is 485. The van der Waals surface area contributed by atoms with Crippen LogP contribution in [-0.2, 0) is 6.42 Å². The van der Waals surface area contributed by atoms with Crippen molar-refractivity contribution in [3.05, 3.63) is 29.7 Å². The lowest BCUT2D eigenvalue weighted by Crippen LogP contribution is -2.17. The Morgan fingerprint density at radius 1 is 1.31 bits per heavy atom. The smallest absolute Gasteiger partial charge is 0.155 e. The van der Waals surface area contributed by atoms with E-state index in [1.807, 2.05) is 23.7 Å². The highest BCUT2D eigenvalue weighted by Crippen LogP contribution is 2.12. The number of nitrogens with zero attached hydrogens (tertiary/aromatic N) is 3. The number of nitrogens with two attached hydrogens (primary N) is 1. The minimum absolute atomic E-state index is 0.172. The molecule has 16 heavy (non-hydrogen) atoms. The largest absolute Gasteiger partial charge is 0.328 e. The summed E-state index contributed by atoms with van der Waals surface area (Å²) in [6.45, 7) is 6.19. The van der Waals surface area contributed by atoms with Gasteiger partial charge in [0.15, 0.2) is 11.5 Å². The molecule has 0 radical (unpaired) electrons. The monoisotopic (exact) mass is 218 g/mol. The number of aromatic nitrogens is 3. The Labute approximate surface area is 95.5 Å². The maximum Gasteiger partial charge on any atom is 0.155 e. The average molecular weight is 218 g/mol. The van der Waals surface area contributed by atoms with E-state index in [9.17, 15) is 0 Å². The lowest BCUT2D eigenvalue weighted by Gasteiger charge is -2.04. The molecule has 2 rings (SSSR count). The molecule has 0 amide bonds. The van der Waals surface area contributed by atoms with E-state index in [1.54, 1.807) is 0 Å². The number of pyridine rings is 1. The molecular weight excluding hydrogens is 200 g/mol. The van der Waals surface area contributed by atoms with E-state index < -0.39 is 0 Å². The van der Waals surface area contributed by atoms with Gasteiger partial charge in [-0.15, -0.1) is 0 Å². The van der Waals surface area contributed by atoms with E-state index >= 15 is 0 Å². The second-order valence-corrected chi connectivity index (χ2v) is 4.65. The fourth-order valence-electron chi connectivity index (χ4n) is 1.68. The first-order valence-electron chi connectivity index (χ1n) is 5.67. The van der Waals surface area contributed by atoms with Gasteiger partial charge in [-0.25, -0.2) is 9.50 Å². The van der Waals surface area contributed by atoms with Crippen molar-refractivity contribution in [2.75, 3.05) is 0 Å². The van der Waals surface area contributed by atoms with Gasteiger partial charge in [0, 0.05) is 18.2 Å². The molecule has 0 aliphatic heterocycles. The van der Waals surface area contributed by atoms with E-state index in [1.165, 1.54) is 5.56 Å². The number of hydrogen-bond acceptors (Lipinski definition) is 3. The first-order valence-corrected chi connectivity index (χ1v) is 5.67. The SMILES string of the molecule is CC(N)Cc1ccc2nc(C(C)C)nn2c1. The Balaban J connectivity index is 2.38. The number of rotatable bonds is 3. The zero-order chi connectivity index (χ0) is 11.7. The highest BCUT2D eigenvalue weighted by Gasteiger charge is 2.07. The molecule has 2 N–H and O–H groups in total. The van der Waals surface area contributed by atoms with E-state index in [0.29, 0.717) is 5.92 Å². The molecule has 0 aromatic carbocycles. The molecule has 0 aliphatic rings. The minimum atomic E-state index is 0.172. The third-order valence-corrected chi connectivity index (χ3v) is 2.48. The Hall–Kier alpha value is -1.42. The molecule has 1 unspecified atom stereocenters. The van der Waals surface area contributed by atoms with Crippen LogP contribution in [0.5, 0.6) is 0 Å². The van der Waals surface area contributed by atoms with Gasteiger partial charge in [-0.2, -0.15) is 5.10 Å². The maximum absolute atomic E-state index is 5.78. The minimum Gasteiger partial charge on any atom is -0.328 e. The summed E-state index contributed by atoms with van der Waals surface area (Å²) in [5, 5.41) is 4.44. The summed E-state index contributed by atoms with van der Waals surface area (Å²) in [7, 11) is 0. The highest BCUT2D eigenvalue weighted by atomic mass is 15.3. The van der Waals surface area contributed by atoms with Crippen molar-refractivity contribution in [1.82, 2.24) is 14.6 Å². The Morgan fingerprint density at radius 3 is 2.69 bits per heavy atom. The molecule has 2 aromatic rings. The first-order chi connectivity index (χ1) is 7.56. The van der Waals surface area contributed by atoms with Crippen LogP contribution in [0.15, 0.2) is 18.3 Å². The normalized spacial score (nSPS) is 13.6. The lowest BCUT2D eigenvalue weighted by atomic mass is 10.1. The van der Waals surface area contributed by atoms with Crippen LogP contribution in [0.2, 0.25) is 0 Å². The second-order valence-electron chi connectivity index (χ2n) is 4.65. The molecule has 0 bridgehead atoms. The van der Waals surface area contributed by atoms with Crippen LogP contribution in [0.4, 0.5) is 0 Å². The van der Waals surface area contributed by atoms with Crippen LogP contribution >= 0.6 is 0 Å². The van der Waals surface area contributed by atoms with Gasteiger partial charge >= 0.3 is 0 Å². The molecule has 86 valence electrons. The fourth-order valence-corrected chi connectivity index (χ4v) is 1.68. The third-order valence-electron chi connectivity index (χ3n) is 2.48. The third kappa shape index (κ3) is 2.22. The van der Waals surface area contributed by atoms with Crippen molar-refractivity contribution in [1.29, 1.82) is 0 Å². The highest BCUT2D eigenvalue weighted by molar-refractivity contribution is 5.39. The van der Waals surface area contributed by atoms with Gasteiger partial charge in [0.1, 0.15) is 0 Å². The summed E-state index contributed by atoms with van der Waals surface area (Å²) in [6.07, 6.45) is 2.88. The first kappa shape index (κ1) is 11.1. The van der Waals surface area contributed by atoms with Gasteiger partial charge in [0.25, 0.3) is 0 Å². The van der Waals surface area contributed by atoms with E-state index in [-0.39, 0.29) is 6.04 Å². The van der Waals surface area contributed by atoms with E-state index in [4.69, 9.17) is 5.73 Å². The summed E-state index contributed by atoms with van der Waals surface area (Å²) in [6, 6.07) is 4.24. The van der Waals surface area contributed by atoms with Crippen LogP contribution in [0.3, 0.4) is 0 Å². The molecule has 0 spiro atoms. The predicted molar refractivity (Wildman–Crippen MR) is 64.4 cm³/mol. The molecule has 1 atom stereocenters. The zero-order valence-corrected chi connectivity index (χ0v) is 10.0. The van der Waals surface area contributed by atoms with Gasteiger partial charge in [-0.1, -0.05) is 19.9 Å². The Morgan fingerprint density at radius 2 is 2.06 bits per heavy atom. The van der Waals surface area contributed by atoms with Gasteiger partial charge in [0.2, 0.25) is 0 Å². The van der Waals surface area contributed by atoms with Crippen molar-refractivity contribution in [3.8, 4) is 0 Å². The molecule has 0 aliphatic carbocycles.